The van der Waals surface area contributed by atoms with Crippen LogP contribution in [0.15, 0.2) is 12.4 Å². The van der Waals surface area contributed by atoms with Crippen molar-refractivity contribution < 1.29 is 4.79 Å². The lowest BCUT2D eigenvalue weighted by atomic mass is 10.0. The lowest BCUT2D eigenvalue weighted by Crippen LogP contribution is -2.50. The summed E-state index contributed by atoms with van der Waals surface area (Å²) in [4.78, 5) is 18.7. The quantitative estimate of drug-likeness (QED) is 0.909. The normalized spacial score (nSPS) is 21.2. The number of hydrogen-bond donors (Lipinski definition) is 1. The van der Waals surface area contributed by atoms with Crippen LogP contribution >= 0.6 is 0 Å². The minimum absolute atomic E-state index is 0.0860. The van der Waals surface area contributed by atoms with Gasteiger partial charge in [0, 0.05) is 31.9 Å². The molecule has 20 heavy (non-hydrogen) atoms. The van der Waals surface area contributed by atoms with Crippen molar-refractivity contribution in [3.8, 4) is 0 Å². The van der Waals surface area contributed by atoms with Gasteiger partial charge >= 0.3 is 0 Å². The maximum atomic E-state index is 12.4. The molecule has 1 unspecified atom stereocenters. The molecule has 0 radical (unpaired) electrons. The van der Waals surface area contributed by atoms with Crippen molar-refractivity contribution in [2.24, 2.45) is 11.7 Å². The van der Waals surface area contributed by atoms with E-state index < -0.39 is 0 Å². The van der Waals surface area contributed by atoms with Crippen LogP contribution in [0.4, 0.5) is 0 Å². The lowest BCUT2D eigenvalue weighted by Gasteiger charge is -2.36. The van der Waals surface area contributed by atoms with Gasteiger partial charge in [-0.3, -0.25) is 4.79 Å². The predicted molar refractivity (Wildman–Crippen MR) is 79.3 cm³/mol. The molecular weight excluding hydrogens is 252 g/mol. The summed E-state index contributed by atoms with van der Waals surface area (Å²) in [5.74, 6) is 1.36. The van der Waals surface area contributed by atoms with Gasteiger partial charge in [0.1, 0.15) is 5.82 Å². The summed E-state index contributed by atoms with van der Waals surface area (Å²) in [6.45, 7) is 7.68. The van der Waals surface area contributed by atoms with Crippen LogP contribution in [-0.4, -0.2) is 39.5 Å². The summed E-state index contributed by atoms with van der Waals surface area (Å²) in [5.41, 5.74) is 6.00. The van der Waals surface area contributed by atoms with E-state index in [2.05, 4.69) is 16.5 Å². The van der Waals surface area contributed by atoms with Gasteiger partial charge in [0.25, 0.3) is 0 Å². The molecule has 5 heteroatoms. The molecule has 112 valence electrons. The van der Waals surface area contributed by atoms with E-state index in [0.29, 0.717) is 6.04 Å². The number of rotatable bonds is 4. The highest BCUT2D eigenvalue weighted by Gasteiger charge is 2.29. The number of likely N-dealkylation sites (tertiary alicyclic amines) is 1. The van der Waals surface area contributed by atoms with E-state index in [0.717, 1.165) is 38.2 Å². The zero-order valence-corrected chi connectivity index (χ0v) is 12.7. The van der Waals surface area contributed by atoms with Gasteiger partial charge in [-0.25, -0.2) is 4.98 Å². The Labute approximate surface area is 121 Å². The summed E-state index contributed by atoms with van der Waals surface area (Å²) in [6.07, 6.45) is 6.93. The lowest BCUT2D eigenvalue weighted by molar-refractivity contribution is -0.135. The van der Waals surface area contributed by atoms with Crippen molar-refractivity contribution >= 4 is 5.91 Å². The van der Waals surface area contributed by atoms with Gasteiger partial charge in [-0.1, -0.05) is 20.8 Å². The average molecular weight is 278 g/mol. The molecule has 2 N–H and O–H groups in total. The van der Waals surface area contributed by atoms with Gasteiger partial charge < -0.3 is 15.2 Å². The molecule has 1 saturated heterocycles. The first-order chi connectivity index (χ1) is 9.54. The van der Waals surface area contributed by atoms with E-state index in [4.69, 9.17) is 5.73 Å². The fourth-order valence-corrected chi connectivity index (χ4v) is 2.83. The van der Waals surface area contributed by atoms with Gasteiger partial charge in [0.15, 0.2) is 0 Å². The Morgan fingerprint density at radius 3 is 2.95 bits per heavy atom. The highest BCUT2D eigenvalue weighted by atomic mass is 16.2. The van der Waals surface area contributed by atoms with Crippen molar-refractivity contribution in [3.05, 3.63) is 18.2 Å². The largest absolute Gasteiger partial charge is 0.339 e. The topological polar surface area (TPSA) is 64.2 Å². The van der Waals surface area contributed by atoms with Crippen molar-refractivity contribution in [2.45, 2.75) is 52.1 Å². The molecule has 2 heterocycles. The highest BCUT2D eigenvalue weighted by Crippen LogP contribution is 2.23. The Morgan fingerprint density at radius 1 is 1.55 bits per heavy atom. The van der Waals surface area contributed by atoms with Crippen molar-refractivity contribution in [1.29, 1.82) is 0 Å². The number of aromatic nitrogens is 2. The van der Waals surface area contributed by atoms with Crippen LogP contribution in [0, 0.1) is 5.92 Å². The van der Waals surface area contributed by atoms with Crippen LogP contribution in [0.5, 0.6) is 0 Å². The molecule has 1 aliphatic rings. The van der Waals surface area contributed by atoms with Crippen molar-refractivity contribution in [3.63, 3.8) is 0 Å². The van der Waals surface area contributed by atoms with E-state index in [1.807, 2.05) is 31.1 Å². The number of aryl methyl sites for hydroxylation is 1. The zero-order chi connectivity index (χ0) is 14.7. The van der Waals surface area contributed by atoms with Crippen LogP contribution < -0.4 is 5.73 Å². The van der Waals surface area contributed by atoms with Crippen LogP contribution in [0.3, 0.4) is 0 Å². The number of piperidine rings is 1. The highest BCUT2D eigenvalue weighted by molar-refractivity contribution is 5.82. The Hall–Kier alpha value is -1.36. The predicted octanol–water partition coefficient (Wildman–Crippen LogP) is 1.59. The van der Waals surface area contributed by atoms with E-state index in [1.165, 1.54) is 0 Å². The molecule has 1 aromatic rings. The Kier molecular flexibility index (Phi) is 4.81. The van der Waals surface area contributed by atoms with Crippen LogP contribution in [0.25, 0.3) is 0 Å². The number of amides is 1. The van der Waals surface area contributed by atoms with Gasteiger partial charge in [0.2, 0.25) is 5.91 Å². The van der Waals surface area contributed by atoms with Crippen LogP contribution in [-0.2, 0) is 11.2 Å². The van der Waals surface area contributed by atoms with Gasteiger partial charge in [-0.2, -0.15) is 0 Å². The average Bonchev–Trinajstić information content (AvgIpc) is 2.94. The molecule has 1 fully saturated rings. The Morgan fingerprint density at radius 2 is 2.30 bits per heavy atom. The number of carbonyl (C=O) groups excluding carboxylic acids is 1. The monoisotopic (exact) mass is 278 g/mol. The van der Waals surface area contributed by atoms with E-state index in [9.17, 15) is 4.79 Å². The molecule has 1 aromatic heterocycles. The first-order valence-corrected chi connectivity index (χ1v) is 7.60. The summed E-state index contributed by atoms with van der Waals surface area (Å²) in [6, 6.07) is -0.0494. The third-order valence-electron chi connectivity index (χ3n) is 4.17. The molecule has 0 aromatic carbocycles. The maximum Gasteiger partial charge on any atom is 0.239 e. The fraction of sp³-hybridized carbons (Fsp3) is 0.733. The first kappa shape index (κ1) is 15.0. The van der Waals surface area contributed by atoms with Crippen LogP contribution in [0.2, 0.25) is 0 Å². The number of nitrogens with zero attached hydrogens (tertiary/aromatic N) is 3. The molecule has 0 saturated carbocycles. The van der Waals surface area contributed by atoms with Crippen LogP contribution in [0.1, 0.15) is 45.5 Å². The number of nitrogens with two attached hydrogens (primary N) is 1. The number of hydrogen-bond acceptors (Lipinski definition) is 3. The molecule has 0 spiro atoms. The molecule has 0 bridgehead atoms. The minimum Gasteiger partial charge on any atom is -0.339 e. The second-order valence-corrected chi connectivity index (χ2v) is 5.95. The molecule has 5 nitrogen and oxygen atoms in total. The Bertz CT molecular complexity index is 454. The summed E-state index contributed by atoms with van der Waals surface area (Å²) in [5, 5.41) is 0. The smallest absolute Gasteiger partial charge is 0.239 e. The van der Waals surface area contributed by atoms with Crippen molar-refractivity contribution in [2.75, 3.05) is 13.1 Å². The summed E-state index contributed by atoms with van der Waals surface area (Å²) in [7, 11) is 0. The molecule has 2 atom stereocenters. The SMILES string of the molecule is CCc1nccn1C1CCCN(C(=O)[C@@H](N)C(C)C)C1. The molecule has 2 rings (SSSR count). The second kappa shape index (κ2) is 6.39. The number of imidazole rings is 1. The van der Waals surface area contributed by atoms with E-state index in [1.54, 1.807) is 0 Å². The Balaban J connectivity index is 2.07. The van der Waals surface area contributed by atoms with Gasteiger partial charge in [0.05, 0.1) is 12.1 Å². The maximum absolute atomic E-state index is 12.4. The second-order valence-electron chi connectivity index (χ2n) is 5.95. The fourth-order valence-electron chi connectivity index (χ4n) is 2.83. The zero-order valence-electron chi connectivity index (χ0n) is 12.7. The third kappa shape index (κ3) is 3.03. The standard InChI is InChI=1S/C15H26N4O/c1-4-13-17-7-9-19(13)12-6-5-8-18(10-12)15(20)14(16)11(2)3/h7,9,11-12,14H,4-6,8,10,16H2,1-3H3/t12?,14-/m0/s1. The van der Waals surface area contributed by atoms with Gasteiger partial charge in [-0.05, 0) is 18.8 Å². The van der Waals surface area contributed by atoms with E-state index in [-0.39, 0.29) is 17.9 Å². The van der Waals surface area contributed by atoms with Crippen molar-refractivity contribution in [1.82, 2.24) is 14.5 Å². The van der Waals surface area contributed by atoms with E-state index >= 15 is 0 Å². The van der Waals surface area contributed by atoms with Gasteiger partial charge in [-0.15, -0.1) is 0 Å². The molecule has 1 aliphatic heterocycles. The molecule has 1 amide bonds. The minimum atomic E-state index is -0.387. The summed E-state index contributed by atoms with van der Waals surface area (Å²) >= 11 is 0. The third-order valence-corrected chi connectivity index (χ3v) is 4.17. The number of carbonyl (C=O) groups is 1. The molecular formula is C15H26N4O. The summed E-state index contributed by atoms with van der Waals surface area (Å²) < 4.78 is 2.22. The molecule has 0 aliphatic carbocycles. The first-order valence-electron chi connectivity index (χ1n) is 7.60.